The lowest BCUT2D eigenvalue weighted by molar-refractivity contribution is -0.134. The van der Waals surface area contributed by atoms with Crippen LogP contribution in [0, 0.1) is 11.3 Å². The second kappa shape index (κ2) is 20.1. The number of amides is 1. The quantitative estimate of drug-likeness (QED) is 0.0866. The van der Waals surface area contributed by atoms with E-state index < -0.39 is 8.32 Å². The molecule has 1 amide bonds. The number of nitriles is 1. The summed E-state index contributed by atoms with van der Waals surface area (Å²) in [6, 6.07) is 15.9. The maximum absolute atomic E-state index is 14.8. The molecule has 1 saturated heterocycles. The standard InChI is InChI=1S/C43H66N4O3SSi/c1-8-9-10-11-12-13-14-15-16-17-18-19-23-37(34-24-25-40-38(29-34)45-42(49)51-40)41(48)46(5)39(35-22-20-21-33(28-35)30-44)32-47-27-26-36(31-47)50-52(6,7)43(2,3)4/h20-22,24-25,28-29,36-37,39H,8-19,23,26-27,31-32H2,1-7H3,(H,45,49)/t36-,37?,39+/m0/s1. The fraction of sp³-hybridized carbons (Fsp3) is 0.651. The van der Waals surface area contributed by atoms with E-state index in [0.717, 1.165) is 60.1 Å². The normalized spacial score (nSPS) is 16.6. The molecule has 52 heavy (non-hydrogen) atoms. The number of rotatable bonds is 21. The Morgan fingerprint density at radius 3 is 2.29 bits per heavy atom. The van der Waals surface area contributed by atoms with Crippen LogP contribution in [0.3, 0.4) is 0 Å². The molecule has 1 unspecified atom stereocenters. The van der Waals surface area contributed by atoms with Gasteiger partial charge in [-0.3, -0.25) is 14.5 Å². The van der Waals surface area contributed by atoms with Gasteiger partial charge >= 0.3 is 4.87 Å². The van der Waals surface area contributed by atoms with Crippen molar-refractivity contribution in [2.24, 2.45) is 0 Å². The van der Waals surface area contributed by atoms with Crippen LogP contribution in [0.5, 0.6) is 0 Å². The molecular formula is C43H66N4O3SSi. The topological polar surface area (TPSA) is 89.4 Å². The van der Waals surface area contributed by atoms with Crippen LogP contribution in [-0.2, 0) is 9.22 Å². The van der Waals surface area contributed by atoms with Gasteiger partial charge in [0.05, 0.1) is 39.9 Å². The molecule has 2 heterocycles. The first-order valence-corrected chi connectivity index (χ1v) is 23.8. The molecule has 1 aliphatic heterocycles. The van der Waals surface area contributed by atoms with Gasteiger partial charge in [0.15, 0.2) is 8.32 Å². The predicted octanol–water partition coefficient (Wildman–Crippen LogP) is 10.9. The van der Waals surface area contributed by atoms with E-state index in [4.69, 9.17) is 4.43 Å². The lowest BCUT2D eigenvalue weighted by Crippen LogP contribution is -2.45. The van der Waals surface area contributed by atoms with Gasteiger partial charge in [-0.2, -0.15) is 5.26 Å². The number of likely N-dealkylation sites (tertiary alicyclic amines) is 1. The van der Waals surface area contributed by atoms with Gasteiger partial charge < -0.3 is 14.3 Å². The van der Waals surface area contributed by atoms with Gasteiger partial charge in [-0.1, -0.05) is 134 Å². The third-order valence-electron chi connectivity index (χ3n) is 11.6. The molecule has 286 valence electrons. The van der Waals surface area contributed by atoms with Crippen molar-refractivity contribution in [3.63, 3.8) is 0 Å². The molecule has 7 nitrogen and oxygen atoms in total. The number of benzene rings is 2. The molecule has 1 aliphatic rings. The maximum Gasteiger partial charge on any atom is 0.305 e. The van der Waals surface area contributed by atoms with Gasteiger partial charge in [0.2, 0.25) is 5.91 Å². The van der Waals surface area contributed by atoms with Crippen LogP contribution in [0.1, 0.15) is 146 Å². The zero-order valence-electron chi connectivity index (χ0n) is 33.3. The molecule has 0 spiro atoms. The molecule has 1 aromatic heterocycles. The number of fused-ring (bicyclic) bond motifs is 1. The summed E-state index contributed by atoms with van der Waals surface area (Å²) in [5.41, 5.74) is 3.33. The van der Waals surface area contributed by atoms with Crippen molar-refractivity contribution in [2.45, 2.75) is 154 Å². The van der Waals surface area contributed by atoms with E-state index in [-0.39, 0.29) is 33.9 Å². The van der Waals surface area contributed by atoms with Crippen LogP contribution in [0.4, 0.5) is 0 Å². The number of aromatic nitrogens is 1. The van der Waals surface area contributed by atoms with E-state index in [2.05, 4.69) is 62.8 Å². The van der Waals surface area contributed by atoms with E-state index in [1.807, 2.05) is 48.3 Å². The van der Waals surface area contributed by atoms with Crippen LogP contribution in [0.25, 0.3) is 10.2 Å². The number of carbonyl (C=O) groups excluding carboxylic acids is 1. The van der Waals surface area contributed by atoms with Gasteiger partial charge in [-0.05, 0) is 66.4 Å². The molecule has 0 bridgehead atoms. The summed E-state index contributed by atoms with van der Waals surface area (Å²) >= 11 is 1.21. The highest BCUT2D eigenvalue weighted by atomic mass is 32.1. The molecule has 0 aliphatic carbocycles. The van der Waals surface area contributed by atoms with Gasteiger partial charge in [-0.15, -0.1) is 0 Å². The summed E-state index contributed by atoms with van der Waals surface area (Å²) in [4.78, 5) is 34.2. The summed E-state index contributed by atoms with van der Waals surface area (Å²) in [5.74, 6) is -0.239. The zero-order valence-corrected chi connectivity index (χ0v) is 35.1. The van der Waals surface area contributed by atoms with Crippen molar-refractivity contribution < 1.29 is 9.22 Å². The minimum atomic E-state index is -1.91. The first kappa shape index (κ1) is 42.0. The molecule has 9 heteroatoms. The number of hydrogen-bond acceptors (Lipinski definition) is 6. The first-order chi connectivity index (χ1) is 24.8. The smallest absolute Gasteiger partial charge is 0.305 e. The third-order valence-corrected chi connectivity index (χ3v) is 17.0. The predicted molar refractivity (Wildman–Crippen MR) is 221 cm³/mol. The second-order valence-electron chi connectivity index (χ2n) is 16.8. The van der Waals surface area contributed by atoms with Gasteiger partial charge in [-0.25, -0.2) is 0 Å². The van der Waals surface area contributed by atoms with Crippen LogP contribution >= 0.6 is 11.3 Å². The summed E-state index contributed by atoms with van der Waals surface area (Å²) in [6.07, 6.45) is 17.2. The average Bonchev–Trinajstić information content (AvgIpc) is 3.72. The summed E-state index contributed by atoms with van der Waals surface area (Å²) < 4.78 is 7.73. The molecule has 3 atom stereocenters. The van der Waals surface area contributed by atoms with Crippen molar-refractivity contribution in [1.82, 2.24) is 14.8 Å². The maximum atomic E-state index is 14.8. The van der Waals surface area contributed by atoms with Crippen LogP contribution in [-0.4, -0.2) is 61.8 Å². The minimum absolute atomic E-state index is 0.0769. The molecule has 1 N–H and O–H groups in total. The Balaban J connectivity index is 1.47. The molecule has 3 aromatic rings. The highest BCUT2D eigenvalue weighted by molar-refractivity contribution is 7.16. The average molecular weight is 747 g/mol. The number of thiazole rings is 1. The van der Waals surface area contributed by atoms with Crippen LogP contribution < -0.4 is 4.87 Å². The van der Waals surface area contributed by atoms with E-state index in [1.165, 1.54) is 75.5 Å². The largest absolute Gasteiger partial charge is 0.413 e. The van der Waals surface area contributed by atoms with Crippen molar-refractivity contribution in [2.75, 3.05) is 26.7 Å². The van der Waals surface area contributed by atoms with Crippen LogP contribution in [0.15, 0.2) is 47.3 Å². The Bertz CT molecular complexity index is 1650. The molecule has 2 aromatic carbocycles. The summed E-state index contributed by atoms with van der Waals surface area (Å²) in [6.45, 7) is 16.2. The van der Waals surface area contributed by atoms with Crippen LogP contribution in [0.2, 0.25) is 18.1 Å². The van der Waals surface area contributed by atoms with E-state index in [1.54, 1.807) is 0 Å². The fourth-order valence-corrected chi connectivity index (χ4v) is 9.47. The summed E-state index contributed by atoms with van der Waals surface area (Å²) in [5, 5.41) is 9.92. The van der Waals surface area contributed by atoms with Crippen molar-refractivity contribution in [1.29, 1.82) is 5.26 Å². The second-order valence-corrected chi connectivity index (χ2v) is 22.5. The number of carbonyl (C=O) groups is 1. The number of unbranched alkanes of at least 4 members (excludes halogenated alkanes) is 11. The monoisotopic (exact) mass is 746 g/mol. The third kappa shape index (κ3) is 12.1. The number of aromatic amines is 1. The molecule has 0 radical (unpaired) electrons. The Morgan fingerprint density at radius 2 is 1.65 bits per heavy atom. The van der Waals surface area contributed by atoms with E-state index in [0.29, 0.717) is 12.1 Å². The van der Waals surface area contributed by atoms with Gasteiger partial charge in [0.25, 0.3) is 0 Å². The highest BCUT2D eigenvalue weighted by Crippen LogP contribution is 2.39. The SMILES string of the molecule is CCCCCCCCCCCCCCC(C(=O)N(C)[C@H](CN1CC[C@H](O[Si](C)(C)C(C)(C)C)C1)c1cccc(C#N)c1)c1ccc2sc(=O)[nH]c2c1. The van der Waals surface area contributed by atoms with Crippen molar-refractivity contribution in [3.05, 3.63) is 68.8 Å². The molecule has 0 saturated carbocycles. The Labute approximate surface area is 319 Å². The van der Waals surface area contributed by atoms with Crippen molar-refractivity contribution in [3.8, 4) is 6.07 Å². The Hall–Kier alpha value is -2.77. The lowest BCUT2D eigenvalue weighted by atomic mass is 9.90. The van der Waals surface area contributed by atoms with Gasteiger partial charge in [0.1, 0.15) is 0 Å². The molecular weight excluding hydrogens is 681 g/mol. The fourth-order valence-electron chi connectivity index (χ4n) is 7.37. The number of hydrogen-bond donors (Lipinski definition) is 1. The number of likely N-dealkylation sites (N-methyl/N-ethyl adjacent to an activating group) is 1. The zero-order chi connectivity index (χ0) is 37.7. The lowest BCUT2D eigenvalue weighted by Gasteiger charge is -2.38. The van der Waals surface area contributed by atoms with Gasteiger partial charge in [0, 0.05) is 26.7 Å². The Kier molecular flexibility index (Phi) is 16.2. The van der Waals surface area contributed by atoms with E-state index >= 15 is 0 Å². The first-order valence-electron chi connectivity index (χ1n) is 20.1. The Morgan fingerprint density at radius 1 is 1.00 bits per heavy atom. The summed E-state index contributed by atoms with van der Waals surface area (Å²) in [7, 11) is 0.0279. The minimum Gasteiger partial charge on any atom is -0.413 e. The van der Waals surface area contributed by atoms with Crippen molar-refractivity contribution >= 4 is 35.8 Å². The highest BCUT2D eigenvalue weighted by Gasteiger charge is 2.41. The number of nitrogens with zero attached hydrogens (tertiary/aromatic N) is 3. The molecule has 1 fully saturated rings. The number of nitrogens with one attached hydrogen (secondary N) is 1. The van der Waals surface area contributed by atoms with E-state index in [9.17, 15) is 14.9 Å². The molecule has 4 rings (SSSR count). The number of H-pyrrole nitrogens is 1.